The number of carbonyl (C=O) groups excluding carboxylic acids is 2. The van der Waals surface area contributed by atoms with Crippen LogP contribution in [0.25, 0.3) is 0 Å². The SMILES string of the molecule is CC(C)NC(=O)CCNCC(=O)NC(C)C. The van der Waals surface area contributed by atoms with E-state index in [4.69, 9.17) is 0 Å². The lowest BCUT2D eigenvalue weighted by Gasteiger charge is -2.10. The molecule has 94 valence electrons. The van der Waals surface area contributed by atoms with Crippen LogP contribution in [0, 0.1) is 0 Å². The van der Waals surface area contributed by atoms with Gasteiger partial charge in [0.2, 0.25) is 11.8 Å². The van der Waals surface area contributed by atoms with Gasteiger partial charge in [-0.3, -0.25) is 9.59 Å². The molecular formula is C11H23N3O2. The summed E-state index contributed by atoms with van der Waals surface area (Å²) >= 11 is 0. The second kappa shape index (κ2) is 8.10. The quantitative estimate of drug-likeness (QED) is 0.539. The smallest absolute Gasteiger partial charge is 0.234 e. The molecule has 0 radical (unpaired) electrons. The second-order valence-corrected chi connectivity index (χ2v) is 4.37. The van der Waals surface area contributed by atoms with E-state index in [9.17, 15) is 9.59 Å². The highest BCUT2D eigenvalue weighted by atomic mass is 16.2. The third-order valence-corrected chi connectivity index (χ3v) is 1.71. The van der Waals surface area contributed by atoms with Gasteiger partial charge in [0.1, 0.15) is 0 Å². The molecule has 0 aliphatic carbocycles. The van der Waals surface area contributed by atoms with Gasteiger partial charge in [-0.2, -0.15) is 0 Å². The monoisotopic (exact) mass is 229 g/mol. The van der Waals surface area contributed by atoms with Crippen LogP contribution in [0.15, 0.2) is 0 Å². The summed E-state index contributed by atoms with van der Waals surface area (Å²) in [5, 5.41) is 8.47. The zero-order valence-corrected chi connectivity index (χ0v) is 10.6. The molecule has 0 aromatic rings. The van der Waals surface area contributed by atoms with Crippen LogP contribution in [-0.2, 0) is 9.59 Å². The Hall–Kier alpha value is -1.10. The number of hydrogen-bond acceptors (Lipinski definition) is 3. The molecule has 0 aromatic carbocycles. The lowest BCUT2D eigenvalue weighted by Crippen LogP contribution is -2.39. The normalized spacial score (nSPS) is 10.6. The first-order valence-electron chi connectivity index (χ1n) is 5.71. The van der Waals surface area contributed by atoms with Crippen LogP contribution in [-0.4, -0.2) is 37.0 Å². The van der Waals surface area contributed by atoms with Crippen LogP contribution in [0.5, 0.6) is 0 Å². The van der Waals surface area contributed by atoms with Crippen molar-refractivity contribution in [2.45, 2.75) is 46.2 Å². The Balaban J connectivity index is 3.46. The van der Waals surface area contributed by atoms with Gasteiger partial charge in [0.15, 0.2) is 0 Å². The minimum Gasteiger partial charge on any atom is -0.354 e. The molecule has 0 aromatic heterocycles. The molecule has 0 fully saturated rings. The highest BCUT2D eigenvalue weighted by Gasteiger charge is 2.04. The number of nitrogens with one attached hydrogen (secondary N) is 3. The summed E-state index contributed by atoms with van der Waals surface area (Å²) in [4.78, 5) is 22.4. The summed E-state index contributed by atoms with van der Waals surface area (Å²) in [5.74, 6) is -0.0361. The molecule has 0 rings (SSSR count). The largest absolute Gasteiger partial charge is 0.354 e. The molecule has 2 amide bonds. The second-order valence-electron chi connectivity index (χ2n) is 4.37. The van der Waals surface area contributed by atoms with E-state index in [-0.39, 0.29) is 30.4 Å². The van der Waals surface area contributed by atoms with Gasteiger partial charge in [-0.25, -0.2) is 0 Å². The van der Waals surface area contributed by atoms with Gasteiger partial charge in [0.05, 0.1) is 6.54 Å². The van der Waals surface area contributed by atoms with Crippen molar-refractivity contribution < 1.29 is 9.59 Å². The molecule has 3 N–H and O–H groups in total. The van der Waals surface area contributed by atoms with Crippen LogP contribution < -0.4 is 16.0 Å². The van der Waals surface area contributed by atoms with E-state index in [1.54, 1.807) is 0 Å². The summed E-state index contributed by atoms with van der Waals surface area (Å²) in [6, 6.07) is 0.315. The van der Waals surface area contributed by atoms with Crippen LogP contribution in [0.1, 0.15) is 34.1 Å². The number of rotatable bonds is 7. The fraction of sp³-hybridized carbons (Fsp3) is 0.818. The molecule has 0 aliphatic rings. The minimum atomic E-state index is -0.0423. The molecule has 5 nitrogen and oxygen atoms in total. The number of amides is 2. The molecule has 0 heterocycles. The predicted octanol–water partition coefficient (Wildman–Crippen LogP) is 0.0153. The molecule has 5 heteroatoms. The predicted molar refractivity (Wildman–Crippen MR) is 64.0 cm³/mol. The Morgan fingerprint density at radius 1 is 0.938 bits per heavy atom. The minimum absolute atomic E-state index is 0.00627. The Morgan fingerprint density at radius 3 is 1.94 bits per heavy atom. The molecule has 0 bridgehead atoms. The molecular weight excluding hydrogens is 206 g/mol. The van der Waals surface area contributed by atoms with Gasteiger partial charge in [-0.1, -0.05) is 0 Å². The number of carbonyl (C=O) groups is 2. The molecule has 16 heavy (non-hydrogen) atoms. The fourth-order valence-corrected chi connectivity index (χ4v) is 1.17. The zero-order chi connectivity index (χ0) is 12.6. The third kappa shape index (κ3) is 9.45. The Kier molecular flexibility index (Phi) is 7.54. The van der Waals surface area contributed by atoms with Crippen LogP contribution >= 0.6 is 0 Å². The molecule has 0 saturated carbocycles. The molecule has 0 unspecified atom stereocenters. The molecule has 0 saturated heterocycles. The lowest BCUT2D eigenvalue weighted by atomic mass is 10.3. The standard InChI is InChI=1S/C11H23N3O2/c1-8(2)13-10(15)5-6-12-7-11(16)14-9(3)4/h8-9,12H,5-7H2,1-4H3,(H,13,15)(H,14,16). The highest BCUT2D eigenvalue weighted by molar-refractivity contribution is 5.78. The van der Waals surface area contributed by atoms with E-state index in [0.717, 1.165) is 0 Å². The summed E-state index contributed by atoms with van der Waals surface area (Å²) in [7, 11) is 0. The van der Waals surface area contributed by atoms with Crippen molar-refractivity contribution in [3.63, 3.8) is 0 Å². The van der Waals surface area contributed by atoms with Gasteiger partial charge in [0.25, 0.3) is 0 Å². The molecule has 0 aliphatic heterocycles. The van der Waals surface area contributed by atoms with E-state index in [0.29, 0.717) is 13.0 Å². The van der Waals surface area contributed by atoms with Crippen molar-refractivity contribution in [2.24, 2.45) is 0 Å². The third-order valence-electron chi connectivity index (χ3n) is 1.71. The van der Waals surface area contributed by atoms with Gasteiger partial charge in [-0.05, 0) is 27.7 Å². The molecule has 0 spiro atoms. The maximum absolute atomic E-state index is 11.2. The summed E-state index contributed by atoms with van der Waals surface area (Å²) < 4.78 is 0. The maximum Gasteiger partial charge on any atom is 0.234 e. The van der Waals surface area contributed by atoms with E-state index in [2.05, 4.69) is 16.0 Å². The Labute approximate surface area is 97.4 Å². The summed E-state index contributed by atoms with van der Waals surface area (Å²) in [5.41, 5.74) is 0. The van der Waals surface area contributed by atoms with Crippen LogP contribution in [0.4, 0.5) is 0 Å². The highest BCUT2D eigenvalue weighted by Crippen LogP contribution is 1.82. The van der Waals surface area contributed by atoms with E-state index < -0.39 is 0 Å². The van der Waals surface area contributed by atoms with Crippen LogP contribution in [0.2, 0.25) is 0 Å². The van der Waals surface area contributed by atoms with E-state index in [1.807, 2.05) is 27.7 Å². The first kappa shape index (κ1) is 14.9. The molecule has 0 atom stereocenters. The van der Waals surface area contributed by atoms with Crippen molar-refractivity contribution >= 4 is 11.8 Å². The van der Waals surface area contributed by atoms with Crippen molar-refractivity contribution in [3.05, 3.63) is 0 Å². The Morgan fingerprint density at radius 2 is 1.44 bits per heavy atom. The van der Waals surface area contributed by atoms with Crippen molar-refractivity contribution in [3.8, 4) is 0 Å². The topological polar surface area (TPSA) is 70.2 Å². The van der Waals surface area contributed by atoms with Crippen LogP contribution in [0.3, 0.4) is 0 Å². The average Bonchev–Trinajstić information content (AvgIpc) is 2.10. The summed E-state index contributed by atoms with van der Waals surface area (Å²) in [6.07, 6.45) is 0.396. The van der Waals surface area contributed by atoms with Crippen molar-refractivity contribution in [1.82, 2.24) is 16.0 Å². The van der Waals surface area contributed by atoms with Gasteiger partial charge >= 0.3 is 0 Å². The van der Waals surface area contributed by atoms with Gasteiger partial charge in [0, 0.05) is 25.0 Å². The fourth-order valence-electron chi connectivity index (χ4n) is 1.17. The number of hydrogen-bond donors (Lipinski definition) is 3. The first-order chi connectivity index (χ1) is 7.41. The van der Waals surface area contributed by atoms with Crippen molar-refractivity contribution in [2.75, 3.05) is 13.1 Å². The van der Waals surface area contributed by atoms with E-state index in [1.165, 1.54) is 0 Å². The zero-order valence-electron chi connectivity index (χ0n) is 10.6. The van der Waals surface area contributed by atoms with Crippen molar-refractivity contribution in [1.29, 1.82) is 0 Å². The van der Waals surface area contributed by atoms with Gasteiger partial charge < -0.3 is 16.0 Å². The average molecular weight is 229 g/mol. The first-order valence-corrected chi connectivity index (χ1v) is 5.71. The Bertz CT molecular complexity index is 203. The van der Waals surface area contributed by atoms with E-state index >= 15 is 0 Å². The van der Waals surface area contributed by atoms with Gasteiger partial charge in [-0.15, -0.1) is 0 Å². The summed E-state index contributed by atoms with van der Waals surface area (Å²) in [6.45, 7) is 8.43. The lowest BCUT2D eigenvalue weighted by molar-refractivity contribution is -0.122. The maximum atomic E-state index is 11.2.